The van der Waals surface area contributed by atoms with E-state index in [2.05, 4.69) is 6.92 Å². The van der Waals surface area contributed by atoms with E-state index < -0.39 is 0 Å². The number of halogens is 1. The van der Waals surface area contributed by atoms with Gasteiger partial charge in [0.05, 0.1) is 0 Å². The molecule has 1 heterocycles. The molecule has 0 aromatic heterocycles. The molecule has 1 fully saturated rings. The SMILES string of the molecule is CCC(N)Cc1ccc(SC2CCOCC2)c(F)c1. The first-order valence-electron chi connectivity index (χ1n) is 6.97. The van der Waals surface area contributed by atoms with Crippen molar-refractivity contribution in [1.29, 1.82) is 0 Å². The lowest BCUT2D eigenvalue weighted by atomic mass is 10.0. The van der Waals surface area contributed by atoms with E-state index in [4.69, 9.17) is 10.5 Å². The maximum Gasteiger partial charge on any atom is 0.137 e. The Morgan fingerprint density at radius 2 is 2.16 bits per heavy atom. The van der Waals surface area contributed by atoms with Gasteiger partial charge in [0.15, 0.2) is 0 Å². The Kier molecular flexibility index (Phi) is 5.67. The Balaban J connectivity index is 1.98. The molecule has 0 saturated carbocycles. The summed E-state index contributed by atoms with van der Waals surface area (Å²) in [6.45, 7) is 3.64. The molecule has 1 aliphatic heterocycles. The standard InChI is InChI=1S/C15H22FNOS/c1-2-12(17)9-11-3-4-15(14(16)10-11)19-13-5-7-18-8-6-13/h3-4,10,12-13H,2,5-9,17H2,1H3. The summed E-state index contributed by atoms with van der Waals surface area (Å²) in [7, 11) is 0. The zero-order valence-electron chi connectivity index (χ0n) is 11.4. The van der Waals surface area contributed by atoms with Gasteiger partial charge in [0.2, 0.25) is 0 Å². The molecule has 0 amide bonds. The van der Waals surface area contributed by atoms with Gasteiger partial charge in [0.1, 0.15) is 5.82 Å². The second kappa shape index (κ2) is 7.27. The third kappa shape index (κ3) is 4.48. The topological polar surface area (TPSA) is 35.2 Å². The van der Waals surface area contributed by atoms with E-state index in [1.54, 1.807) is 17.8 Å². The van der Waals surface area contributed by atoms with E-state index in [0.29, 0.717) is 5.25 Å². The molecule has 1 saturated heterocycles. The maximum atomic E-state index is 14.1. The van der Waals surface area contributed by atoms with Gasteiger partial charge in [0, 0.05) is 29.4 Å². The molecule has 4 heteroatoms. The molecule has 1 aromatic carbocycles. The van der Waals surface area contributed by atoms with Crippen LogP contribution in [0.15, 0.2) is 23.1 Å². The first kappa shape index (κ1) is 14.8. The zero-order chi connectivity index (χ0) is 13.7. The number of benzene rings is 1. The molecule has 19 heavy (non-hydrogen) atoms. The minimum Gasteiger partial charge on any atom is -0.381 e. The summed E-state index contributed by atoms with van der Waals surface area (Å²) < 4.78 is 19.4. The summed E-state index contributed by atoms with van der Waals surface area (Å²) in [5.41, 5.74) is 6.89. The zero-order valence-corrected chi connectivity index (χ0v) is 12.2. The van der Waals surface area contributed by atoms with Crippen molar-refractivity contribution in [1.82, 2.24) is 0 Å². The van der Waals surface area contributed by atoms with Gasteiger partial charge in [0.25, 0.3) is 0 Å². The van der Waals surface area contributed by atoms with E-state index in [1.807, 2.05) is 12.1 Å². The van der Waals surface area contributed by atoms with Crippen LogP contribution < -0.4 is 5.73 Å². The van der Waals surface area contributed by atoms with Crippen LogP contribution in [0.25, 0.3) is 0 Å². The van der Waals surface area contributed by atoms with Gasteiger partial charge in [-0.2, -0.15) is 0 Å². The minimum atomic E-state index is -0.114. The molecule has 2 nitrogen and oxygen atoms in total. The number of hydrogen-bond donors (Lipinski definition) is 1. The summed E-state index contributed by atoms with van der Waals surface area (Å²) in [5.74, 6) is -0.114. The molecule has 0 radical (unpaired) electrons. The Labute approximate surface area is 118 Å². The normalized spacial score (nSPS) is 18.5. The highest BCUT2D eigenvalue weighted by Crippen LogP contribution is 2.31. The van der Waals surface area contributed by atoms with Crippen LogP contribution in [-0.2, 0) is 11.2 Å². The highest BCUT2D eigenvalue weighted by atomic mass is 32.2. The minimum absolute atomic E-state index is 0.114. The fourth-order valence-electron chi connectivity index (χ4n) is 2.19. The average molecular weight is 283 g/mol. The first-order chi connectivity index (χ1) is 9.19. The van der Waals surface area contributed by atoms with Crippen LogP contribution in [0.4, 0.5) is 4.39 Å². The predicted molar refractivity (Wildman–Crippen MR) is 78.1 cm³/mol. The van der Waals surface area contributed by atoms with Gasteiger partial charge in [-0.3, -0.25) is 0 Å². The highest BCUT2D eigenvalue weighted by Gasteiger charge is 2.17. The fourth-order valence-corrected chi connectivity index (χ4v) is 3.29. The molecule has 106 valence electrons. The molecule has 1 aliphatic rings. The fraction of sp³-hybridized carbons (Fsp3) is 0.600. The number of rotatable bonds is 5. The van der Waals surface area contributed by atoms with Crippen molar-refractivity contribution < 1.29 is 9.13 Å². The summed E-state index contributed by atoms with van der Waals surface area (Å²) >= 11 is 1.64. The van der Waals surface area contributed by atoms with Crippen LogP contribution in [0.5, 0.6) is 0 Å². The molecule has 1 aromatic rings. The van der Waals surface area contributed by atoms with Gasteiger partial charge in [-0.05, 0) is 43.4 Å². The van der Waals surface area contributed by atoms with Gasteiger partial charge < -0.3 is 10.5 Å². The molecule has 0 aliphatic carbocycles. The van der Waals surface area contributed by atoms with Crippen LogP contribution in [0.3, 0.4) is 0 Å². The van der Waals surface area contributed by atoms with E-state index in [-0.39, 0.29) is 11.9 Å². The smallest absolute Gasteiger partial charge is 0.137 e. The van der Waals surface area contributed by atoms with Crippen LogP contribution in [0.2, 0.25) is 0 Å². The largest absolute Gasteiger partial charge is 0.381 e. The van der Waals surface area contributed by atoms with Crippen molar-refractivity contribution in [2.45, 2.75) is 48.8 Å². The van der Waals surface area contributed by atoms with Gasteiger partial charge in [-0.25, -0.2) is 4.39 Å². The molecular formula is C15H22FNOS. The Bertz CT molecular complexity index is 407. The lowest BCUT2D eigenvalue weighted by molar-refractivity contribution is 0.1000. The molecule has 2 N–H and O–H groups in total. The number of hydrogen-bond acceptors (Lipinski definition) is 3. The summed E-state index contributed by atoms with van der Waals surface area (Å²) in [4.78, 5) is 0.751. The number of thioether (sulfide) groups is 1. The number of nitrogens with two attached hydrogens (primary N) is 1. The average Bonchev–Trinajstić information content (AvgIpc) is 2.43. The van der Waals surface area contributed by atoms with E-state index in [9.17, 15) is 4.39 Å². The van der Waals surface area contributed by atoms with Gasteiger partial charge >= 0.3 is 0 Å². The van der Waals surface area contributed by atoms with Crippen molar-refractivity contribution in [2.24, 2.45) is 5.73 Å². The molecule has 0 bridgehead atoms. The van der Waals surface area contributed by atoms with E-state index in [1.165, 1.54) is 0 Å². The van der Waals surface area contributed by atoms with Gasteiger partial charge in [-0.1, -0.05) is 13.0 Å². The predicted octanol–water partition coefficient (Wildman–Crippen LogP) is 3.38. The second-order valence-corrected chi connectivity index (χ2v) is 6.41. The Hall–Kier alpha value is -0.580. The van der Waals surface area contributed by atoms with Crippen LogP contribution >= 0.6 is 11.8 Å². The molecular weight excluding hydrogens is 261 g/mol. The molecule has 1 unspecified atom stereocenters. The van der Waals surface area contributed by atoms with Crippen LogP contribution in [0, 0.1) is 5.82 Å². The van der Waals surface area contributed by atoms with Crippen LogP contribution in [-0.4, -0.2) is 24.5 Å². The first-order valence-corrected chi connectivity index (χ1v) is 7.85. The monoisotopic (exact) mass is 283 g/mol. The summed E-state index contributed by atoms with van der Waals surface area (Å²) in [5, 5.41) is 0.479. The Morgan fingerprint density at radius 3 is 2.79 bits per heavy atom. The van der Waals surface area contributed by atoms with Crippen molar-refractivity contribution in [3.63, 3.8) is 0 Å². The third-order valence-electron chi connectivity index (χ3n) is 3.48. The van der Waals surface area contributed by atoms with Crippen molar-refractivity contribution in [3.8, 4) is 0 Å². The molecule has 2 rings (SSSR count). The summed E-state index contributed by atoms with van der Waals surface area (Å²) in [6.07, 6.45) is 3.68. The quantitative estimate of drug-likeness (QED) is 0.900. The van der Waals surface area contributed by atoms with E-state index in [0.717, 1.165) is 49.4 Å². The van der Waals surface area contributed by atoms with Crippen LogP contribution in [0.1, 0.15) is 31.7 Å². The maximum absolute atomic E-state index is 14.1. The third-order valence-corrected chi connectivity index (χ3v) is 4.87. The second-order valence-electron chi connectivity index (χ2n) is 5.07. The highest BCUT2D eigenvalue weighted by molar-refractivity contribution is 8.00. The number of ether oxygens (including phenoxy) is 1. The van der Waals surface area contributed by atoms with Crippen molar-refractivity contribution in [3.05, 3.63) is 29.6 Å². The molecule has 0 spiro atoms. The summed E-state index contributed by atoms with van der Waals surface area (Å²) in [6, 6.07) is 5.65. The molecule has 1 atom stereocenters. The van der Waals surface area contributed by atoms with E-state index >= 15 is 0 Å². The Morgan fingerprint density at radius 1 is 1.42 bits per heavy atom. The van der Waals surface area contributed by atoms with Crippen molar-refractivity contribution >= 4 is 11.8 Å². The van der Waals surface area contributed by atoms with Gasteiger partial charge in [-0.15, -0.1) is 11.8 Å². The lowest BCUT2D eigenvalue weighted by Gasteiger charge is -2.21. The lowest BCUT2D eigenvalue weighted by Crippen LogP contribution is -2.21. The van der Waals surface area contributed by atoms with Crippen molar-refractivity contribution in [2.75, 3.05) is 13.2 Å².